The topological polar surface area (TPSA) is 84.5 Å². The zero-order valence-electron chi connectivity index (χ0n) is 14.7. The minimum Gasteiger partial charge on any atom is -0.496 e. The average molecular weight is 374 g/mol. The first-order valence-electron chi connectivity index (χ1n) is 8.47. The summed E-state index contributed by atoms with van der Waals surface area (Å²) in [5.41, 5.74) is 1.15. The molecule has 1 aliphatic carbocycles. The largest absolute Gasteiger partial charge is 0.496 e. The quantitative estimate of drug-likeness (QED) is 0.780. The molecule has 1 amide bonds. The molecule has 0 unspecified atom stereocenters. The molecule has 6 nitrogen and oxygen atoms in total. The molecule has 3 rings (SSSR count). The van der Waals surface area contributed by atoms with E-state index in [-0.39, 0.29) is 22.9 Å². The fourth-order valence-electron chi connectivity index (χ4n) is 2.68. The van der Waals surface area contributed by atoms with E-state index < -0.39 is 10.0 Å². The van der Waals surface area contributed by atoms with Crippen molar-refractivity contribution in [2.24, 2.45) is 0 Å². The van der Waals surface area contributed by atoms with Crippen molar-refractivity contribution in [3.63, 3.8) is 0 Å². The molecule has 2 N–H and O–H groups in total. The van der Waals surface area contributed by atoms with Crippen molar-refractivity contribution >= 4 is 15.9 Å². The lowest BCUT2D eigenvalue weighted by atomic mass is 10.1. The molecule has 0 heterocycles. The Labute approximate surface area is 153 Å². The molecule has 1 atom stereocenters. The van der Waals surface area contributed by atoms with Gasteiger partial charge < -0.3 is 10.1 Å². The van der Waals surface area contributed by atoms with Crippen LogP contribution in [0.3, 0.4) is 0 Å². The predicted octanol–water partition coefficient (Wildman–Crippen LogP) is 2.63. The maximum atomic E-state index is 12.6. The van der Waals surface area contributed by atoms with Crippen molar-refractivity contribution in [1.29, 1.82) is 0 Å². The van der Waals surface area contributed by atoms with Crippen LogP contribution < -0.4 is 14.8 Å². The third-order valence-electron chi connectivity index (χ3n) is 4.26. The van der Waals surface area contributed by atoms with E-state index in [9.17, 15) is 13.2 Å². The number of sulfonamides is 1. The fraction of sp³-hybridized carbons (Fsp3) is 0.316. The third kappa shape index (κ3) is 4.23. The van der Waals surface area contributed by atoms with Crippen LogP contribution in [0.15, 0.2) is 53.4 Å². The van der Waals surface area contributed by atoms with Crippen molar-refractivity contribution in [2.45, 2.75) is 36.7 Å². The van der Waals surface area contributed by atoms with E-state index in [1.165, 1.54) is 12.1 Å². The molecule has 0 saturated heterocycles. The summed E-state index contributed by atoms with van der Waals surface area (Å²) < 4.78 is 32.6. The Hall–Kier alpha value is -2.38. The Morgan fingerprint density at radius 1 is 1.15 bits per heavy atom. The van der Waals surface area contributed by atoms with E-state index in [0.717, 1.165) is 18.4 Å². The Morgan fingerprint density at radius 3 is 2.58 bits per heavy atom. The van der Waals surface area contributed by atoms with Gasteiger partial charge in [-0.2, -0.15) is 0 Å². The molecule has 0 aliphatic heterocycles. The monoisotopic (exact) mass is 374 g/mol. The summed E-state index contributed by atoms with van der Waals surface area (Å²) >= 11 is 0. The molecule has 1 fully saturated rings. The van der Waals surface area contributed by atoms with E-state index in [1.54, 1.807) is 19.2 Å². The highest BCUT2D eigenvalue weighted by Crippen LogP contribution is 2.25. The zero-order valence-corrected chi connectivity index (χ0v) is 15.5. The number of para-hydroxylation sites is 1. The number of methoxy groups -OCH3 is 1. The van der Waals surface area contributed by atoms with Gasteiger partial charge in [-0.3, -0.25) is 4.79 Å². The molecule has 0 aromatic heterocycles. The highest BCUT2D eigenvalue weighted by atomic mass is 32.2. The molecule has 2 aromatic rings. The maximum absolute atomic E-state index is 12.6. The number of nitrogens with one attached hydrogen (secondary N) is 2. The lowest BCUT2D eigenvalue weighted by Gasteiger charge is -2.17. The molecule has 0 radical (unpaired) electrons. The first-order chi connectivity index (χ1) is 12.4. The minimum absolute atomic E-state index is 0.0167. The summed E-state index contributed by atoms with van der Waals surface area (Å²) in [6, 6.07) is 13.2. The first-order valence-corrected chi connectivity index (χ1v) is 9.95. The SMILES string of the molecule is COc1ccccc1[C@@H](C)NC(=O)c1cccc(S(=O)(=O)NC2CC2)c1. The number of amides is 1. The smallest absolute Gasteiger partial charge is 0.251 e. The van der Waals surface area contributed by atoms with E-state index in [4.69, 9.17) is 4.74 Å². The normalized spacial score (nSPS) is 15.3. The van der Waals surface area contributed by atoms with Gasteiger partial charge in [0.25, 0.3) is 5.91 Å². The highest BCUT2D eigenvalue weighted by Gasteiger charge is 2.28. The van der Waals surface area contributed by atoms with E-state index >= 15 is 0 Å². The van der Waals surface area contributed by atoms with Crippen LogP contribution >= 0.6 is 0 Å². The van der Waals surface area contributed by atoms with Crippen LogP contribution in [-0.2, 0) is 10.0 Å². The van der Waals surface area contributed by atoms with Gasteiger partial charge in [0.05, 0.1) is 18.0 Å². The van der Waals surface area contributed by atoms with E-state index in [2.05, 4.69) is 10.0 Å². The highest BCUT2D eigenvalue weighted by molar-refractivity contribution is 7.89. The molecular weight excluding hydrogens is 352 g/mol. The summed E-state index contributed by atoms with van der Waals surface area (Å²) in [4.78, 5) is 12.7. The predicted molar refractivity (Wildman–Crippen MR) is 98.7 cm³/mol. The van der Waals surface area contributed by atoms with Gasteiger partial charge in [-0.15, -0.1) is 0 Å². The number of hydrogen-bond acceptors (Lipinski definition) is 4. The van der Waals surface area contributed by atoms with Crippen molar-refractivity contribution in [1.82, 2.24) is 10.0 Å². The number of hydrogen-bond donors (Lipinski definition) is 2. The number of carbonyl (C=O) groups is 1. The average Bonchev–Trinajstić information content (AvgIpc) is 3.45. The Bertz CT molecular complexity index is 907. The molecule has 26 heavy (non-hydrogen) atoms. The second-order valence-electron chi connectivity index (χ2n) is 6.36. The van der Waals surface area contributed by atoms with Gasteiger partial charge in [0.1, 0.15) is 5.75 Å². The Balaban J connectivity index is 1.76. The molecule has 7 heteroatoms. The molecule has 1 aliphatic rings. The lowest BCUT2D eigenvalue weighted by Crippen LogP contribution is -2.28. The van der Waals surface area contributed by atoms with Crippen molar-refractivity contribution in [3.8, 4) is 5.75 Å². The summed E-state index contributed by atoms with van der Waals surface area (Å²) in [7, 11) is -2.02. The third-order valence-corrected chi connectivity index (χ3v) is 5.78. The van der Waals surface area contributed by atoms with Crippen LogP contribution in [-0.4, -0.2) is 27.5 Å². The van der Waals surface area contributed by atoms with Gasteiger partial charge in [-0.05, 0) is 44.0 Å². The van der Waals surface area contributed by atoms with Crippen molar-refractivity contribution in [3.05, 3.63) is 59.7 Å². The summed E-state index contributed by atoms with van der Waals surface area (Å²) in [6.07, 6.45) is 1.71. The molecule has 138 valence electrons. The van der Waals surface area contributed by atoms with Gasteiger partial charge in [-0.25, -0.2) is 13.1 Å². The number of rotatable bonds is 7. The molecule has 0 spiro atoms. The first kappa shape index (κ1) is 18.4. The Morgan fingerprint density at radius 2 is 1.88 bits per heavy atom. The number of carbonyl (C=O) groups excluding carboxylic acids is 1. The standard InChI is InChI=1S/C19H22N2O4S/c1-13(17-8-3-4-9-18(17)25-2)20-19(22)14-6-5-7-16(12-14)26(23,24)21-15-10-11-15/h3-9,12-13,15,21H,10-11H2,1-2H3,(H,20,22)/t13-/m1/s1. The Kier molecular flexibility index (Phi) is 5.29. The zero-order chi connectivity index (χ0) is 18.7. The lowest BCUT2D eigenvalue weighted by molar-refractivity contribution is 0.0939. The molecular formula is C19H22N2O4S. The van der Waals surface area contributed by atoms with E-state index in [0.29, 0.717) is 11.3 Å². The molecule has 1 saturated carbocycles. The summed E-state index contributed by atoms with van der Waals surface area (Å²) in [5, 5.41) is 2.88. The van der Waals surface area contributed by atoms with E-state index in [1.807, 2.05) is 31.2 Å². The minimum atomic E-state index is -3.59. The van der Waals surface area contributed by atoms with Gasteiger partial charge in [0, 0.05) is 17.2 Å². The summed E-state index contributed by atoms with van der Waals surface area (Å²) in [6.45, 7) is 1.85. The second-order valence-corrected chi connectivity index (χ2v) is 8.07. The molecule has 0 bridgehead atoms. The second kappa shape index (κ2) is 7.47. The summed E-state index contributed by atoms with van der Waals surface area (Å²) in [5.74, 6) is 0.345. The van der Waals surface area contributed by atoms with Crippen LogP contribution in [0, 0.1) is 0 Å². The van der Waals surface area contributed by atoms with Crippen LogP contribution in [0.5, 0.6) is 5.75 Å². The van der Waals surface area contributed by atoms with Crippen LogP contribution in [0.1, 0.15) is 41.7 Å². The van der Waals surface area contributed by atoms with Gasteiger partial charge in [0.15, 0.2) is 0 Å². The number of ether oxygens (including phenoxy) is 1. The molecule has 2 aromatic carbocycles. The van der Waals surface area contributed by atoms with Crippen molar-refractivity contribution < 1.29 is 17.9 Å². The van der Waals surface area contributed by atoms with Gasteiger partial charge in [0.2, 0.25) is 10.0 Å². The van der Waals surface area contributed by atoms with Gasteiger partial charge >= 0.3 is 0 Å². The van der Waals surface area contributed by atoms with Crippen LogP contribution in [0.4, 0.5) is 0 Å². The maximum Gasteiger partial charge on any atom is 0.251 e. The number of benzene rings is 2. The van der Waals surface area contributed by atoms with Crippen molar-refractivity contribution in [2.75, 3.05) is 7.11 Å². The fourth-order valence-corrected chi connectivity index (χ4v) is 4.03. The van der Waals surface area contributed by atoms with Gasteiger partial charge in [-0.1, -0.05) is 24.3 Å². The van der Waals surface area contributed by atoms with Crippen LogP contribution in [0.2, 0.25) is 0 Å². The van der Waals surface area contributed by atoms with Crippen LogP contribution in [0.25, 0.3) is 0 Å².